The van der Waals surface area contributed by atoms with Gasteiger partial charge in [0.1, 0.15) is 0 Å². The lowest BCUT2D eigenvalue weighted by Crippen LogP contribution is -2.33. The van der Waals surface area contributed by atoms with Crippen molar-refractivity contribution in [2.75, 3.05) is 5.75 Å². The fraction of sp³-hybridized carbons (Fsp3) is 0.417. The molecule has 0 bridgehead atoms. The van der Waals surface area contributed by atoms with E-state index in [0.29, 0.717) is 6.07 Å². The molecule has 0 aliphatic carbocycles. The molecule has 112 valence electrons. The minimum atomic E-state index is -4.82. The SMILES string of the molecule is CC(C)(CS(=O)(=O)c1ccccc1C(F)(F)F)C(=O)O. The van der Waals surface area contributed by atoms with Gasteiger partial charge in [0, 0.05) is 0 Å². The maximum absolute atomic E-state index is 12.8. The van der Waals surface area contributed by atoms with Crippen molar-refractivity contribution >= 4 is 15.8 Å². The minimum Gasteiger partial charge on any atom is -0.481 e. The molecule has 0 spiro atoms. The molecular weight excluding hydrogens is 297 g/mol. The smallest absolute Gasteiger partial charge is 0.417 e. The highest BCUT2D eigenvalue weighted by atomic mass is 32.2. The van der Waals surface area contributed by atoms with E-state index < -0.39 is 43.6 Å². The first kappa shape index (κ1) is 16.5. The third-order valence-electron chi connectivity index (χ3n) is 2.66. The summed E-state index contributed by atoms with van der Waals surface area (Å²) in [5.41, 5.74) is -2.97. The predicted molar refractivity (Wildman–Crippen MR) is 64.9 cm³/mol. The van der Waals surface area contributed by atoms with E-state index in [-0.39, 0.29) is 0 Å². The maximum atomic E-state index is 12.8. The number of hydrogen-bond acceptors (Lipinski definition) is 3. The Hall–Kier alpha value is -1.57. The monoisotopic (exact) mass is 310 g/mol. The molecule has 0 heterocycles. The highest BCUT2D eigenvalue weighted by molar-refractivity contribution is 7.91. The normalized spacial score (nSPS) is 13.2. The fourth-order valence-corrected chi connectivity index (χ4v) is 3.62. The average Bonchev–Trinajstić information content (AvgIpc) is 2.26. The van der Waals surface area contributed by atoms with E-state index in [1.807, 2.05) is 0 Å². The fourth-order valence-electron chi connectivity index (χ4n) is 1.59. The Labute approximate surface area is 114 Å². The van der Waals surface area contributed by atoms with Gasteiger partial charge in [0.25, 0.3) is 0 Å². The number of alkyl halides is 3. The second-order valence-electron chi connectivity index (χ2n) is 4.94. The number of carbonyl (C=O) groups is 1. The summed E-state index contributed by atoms with van der Waals surface area (Å²) in [6, 6.07) is 3.72. The third-order valence-corrected chi connectivity index (χ3v) is 4.79. The predicted octanol–water partition coefficient (Wildman–Crippen LogP) is 2.59. The van der Waals surface area contributed by atoms with Crippen LogP contribution in [0.5, 0.6) is 0 Å². The molecule has 0 saturated carbocycles. The van der Waals surface area contributed by atoms with Crippen LogP contribution in [-0.2, 0) is 20.8 Å². The van der Waals surface area contributed by atoms with Gasteiger partial charge < -0.3 is 5.11 Å². The Morgan fingerprint density at radius 1 is 1.20 bits per heavy atom. The summed E-state index contributed by atoms with van der Waals surface area (Å²) in [7, 11) is -4.38. The van der Waals surface area contributed by atoms with E-state index in [1.165, 1.54) is 0 Å². The Balaban J connectivity index is 3.35. The number of hydrogen-bond donors (Lipinski definition) is 1. The van der Waals surface area contributed by atoms with Gasteiger partial charge in [-0.05, 0) is 26.0 Å². The quantitative estimate of drug-likeness (QED) is 0.928. The Kier molecular flexibility index (Phi) is 4.19. The molecule has 4 nitrogen and oxygen atoms in total. The van der Waals surface area contributed by atoms with Gasteiger partial charge in [0.05, 0.1) is 21.6 Å². The van der Waals surface area contributed by atoms with Crippen LogP contribution < -0.4 is 0 Å². The first-order valence-corrected chi connectivity index (χ1v) is 7.15. The number of rotatable bonds is 4. The molecule has 1 N–H and O–H groups in total. The topological polar surface area (TPSA) is 71.4 Å². The number of carboxylic acids is 1. The van der Waals surface area contributed by atoms with Crippen molar-refractivity contribution in [2.45, 2.75) is 24.9 Å². The van der Waals surface area contributed by atoms with Crippen LogP contribution in [0, 0.1) is 5.41 Å². The number of carboxylic acid groups (broad SMARTS) is 1. The highest BCUT2D eigenvalue weighted by Gasteiger charge is 2.40. The van der Waals surface area contributed by atoms with Crippen LogP contribution in [0.1, 0.15) is 19.4 Å². The van der Waals surface area contributed by atoms with Gasteiger partial charge in [-0.1, -0.05) is 12.1 Å². The zero-order valence-electron chi connectivity index (χ0n) is 10.7. The second kappa shape index (κ2) is 5.08. The molecule has 0 atom stereocenters. The van der Waals surface area contributed by atoms with E-state index >= 15 is 0 Å². The third kappa shape index (κ3) is 3.50. The van der Waals surface area contributed by atoms with Crippen LogP contribution in [0.3, 0.4) is 0 Å². The van der Waals surface area contributed by atoms with Gasteiger partial charge in [0.2, 0.25) is 0 Å². The molecule has 0 amide bonds. The molecule has 8 heteroatoms. The molecule has 0 aromatic heterocycles. The Morgan fingerprint density at radius 3 is 2.15 bits per heavy atom. The van der Waals surface area contributed by atoms with Crippen molar-refractivity contribution in [2.24, 2.45) is 5.41 Å². The summed E-state index contributed by atoms with van der Waals surface area (Å²) < 4.78 is 62.5. The van der Waals surface area contributed by atoms with Gasteiger partial charge in [-0.25, -0.2) is 8.42 Å². The lowest BCUT2D eigenvalue weighted by Gasteiger charge is -2.20. The Bertz CT molecular complexity index is 618. The molecule has 1 aromatic rings. The van der Waals surface area contributed by atoms with E-state index in [9.17, 15) is 26.4 Å². The van der Waals surface area contributed by atoms with Crippen LogP contribution in [0.15, 0.2) is 29.2 Å². The number of aliphatic carboxylic acids is 1. The second-order valence-corrected chi connectivity index (χ2v) is 6.90. The molecule has 0 saturated heterocycles. The van der Waals surface area contributed by atoms with Crippen molar-refractivity contribution in [3.63, 3.8) is 0 Å². The van der Waals surface area contributed by atoms with Gasteiger partial charge in [-0.2, -0.15) is 13.2 Å². The minimum absolute atomic E-state index is 0.653. The van der Waals surface area contributed by atoms with E-state index in [4.69, 9.17) is 5.11 Å². The summed E-state index contributed by atoms with van der Waals surface area (Å²) in [4.78, 5) is 10.0. The molecule has 0 aliphatic heterocycles. The summed E-state index contributed by atoms with van der Waals surface area (Å²) in [5.74, 6) is -2.31. The number of sulfone groups is 1. The van der Waals surface area contributed by atoms with Gasteiger partial charge in [-0.3, -0.25) is 4.79 Å². The van der Waals surface area contributed by atoms with Gasteiger partial charge in [0.15, 0.2) is 9.84 Å². The Morgan fingerprint density at radius 2 is 1.70 bits per heavy atom. The van der Waals surface area contributed by atoms with Gasteiger partial charge in [-0.15, -0.1) is 0 Å². The zero-order chi connectivity index (χ0) is 15.8. The molecule has 0 unspecified atom stereocenters. The molecule has 1 rings (SSSR count). The van der Waals surface area contributed by atoms with Crippen molar-refractivity contribution in [3.05, 3.63) is 29.8 Å². The molecular formula is C12H13F3O4S. The highest BCUT2D eigenvalue weighted by Crippen LogP contribution is 2.35. The summed E-state index contributed by atoms with van der Waals surface area (Å²) in [5, 5.41) is 8.89. The lowest BCUT2D eigenvalue weighted by atomic mass is 9.97. The van der Waals surface area contributed by atoms with Crippen LogP contribution in [0.2, 0.25) is 0 Å². The van der Waals surface area contributed by atoms with Crippen molar-refractivity contribution in [1.82, 2.24) is 0 Å². The van der Waals surface area contributed by atoms with Crippen molar-refractivity contribution in [1.29, 1.82) is 0 Å². The van der Waals surface area contributed by atoms with E-state index in [2.05, 4.69) is 0 Å². The van der Waals surface area contributed by atoms with Crippen LogP contribution in [0.4, 0.5) is 13.2 Å². The summed E-state index contributed by atoms with van der Waals surface area (Å²) >= 11 is 0. The van der Waals surface area contributed by atoms with Crippen molar-refractivity contribution < 1.29 is 31.5 Å². The zero-order valence-corrected chi connectivity index (χ0v) is 11.5. The number of benzene rings is 1. The molecule has 20 heavy (non-hydrogen) atoms. The first-order valence-electron chi connectivity index (χ1n) is 5.50. The lowest BCUT2D eigenvalue weighted by molar-refractivity contribution is -0.145. The van der Waals surface area contributed by atoms with Gasteiger partial charge >= 0.3 is 12.1 Å². The van der Waals surface area contributed by atoms with E-state index in [0.717, 1.165) is 32.0 Å². The molecule has 1 aromatic carbocycles. The average molecular weight is 310 g/mol. The van der Waals surface area contributed by atoms with Crippen LogP contribution in [0.25, 0.3) is 0 Å². The summed E-state index contributed by atoms with van der Waals surface area (Å²) in [6.07, 6.45) is -4.82. The maximum Gasteiger partial charge on any atom is 0.417 e. The van der Waals surface area contributed by atoms with Crippen molar-refractivity contribution in [3.8, 4) is 0 Å². The number of halogens is 3. The van der Waals surface area contributed by atoms with E-state index in [1.54, 1.807) is 0 Å². The van der Waals surface area contributed by atoms with Crippen LogP contribution in [-0.4, -0.2) is 25.2 Å². The standard InChI is InChI=1S/C12H13F3O4S/c1-11(2,10(16)17)7-20(18,19)9-6-4-3-5-8(9)12(13,14)15/h3-6H,7H2,1-2H3,(H,16,17). The molecule has 0 radical (unpaired) electrons. The summed E-state index contributed by atoms with van der Waals surface area (Å²) in [6.45, 7) is 2.28. The largest absolute Gasteiger partial charge is 0.481 e. The van der Waals surface area contributed by atoms with Crippen LogP contribution >= 0.6 is 0 Å². The molecule has 0 fully saturated rings. The first-order chi connectivity index (χ1) is 8.88. The molecule has 0 aliphatic rings.